The van der Waals surface area contributed by atoms with Gasteiger partial charge in [-0.1, -0.05) is 39.0 Å². The number of hydrogen-bond acceptors (Lipinski definition) is 19. The van der Waals surface area contributed by atoms with Crippen molar-refractivity contribution in [2.45, 2.75) is 156 Å². The van der Waals surface area contributed by atoms with Crippen molar-refractivity contribution in [2.75, 3.05) is 13.4 Å². The molecule has 0 aromatic heterocycles. The minimum atomic E-state index is -2.31. The fourth-order valence-corrected chi connectivity index (χ4v) is 10.2. The van der Waals surface area contributed by atoms with Crippen LogP contribution in [0.3, 0.4) is 0 Å². The lowest BCUT2D eigenvalue weighted by Crippen LogP contribution is -2.49. The highest BCUT2D eigenvalue weighted by Crippen LogP contribution is 2.54. The fraction of sp³-hybridized carbons (Fsp3) is 0.596. The number of phenols is 1. The largest absolute Gasteiger partial charge is 0.507 e. The summed E-state index contributed by atoms with van der Waals surface area (Å²) in [7, 11) is 0. The van der Waals surface area contributed by atoms with Crippen LogP contribution in [-0.2, 0) is 72.4 Å². The molecule has 3 saturated heterocycles. The third-order valence-electron chi connectivity index (χ3n) is 14.4. The number of carboxylic acids is 1. The number of carboxylic acid groups (broad SMARTS) is 1. The highest BCUT2D eigenvalue weighted by molar-refractivity contribution is 6.19. The van der Waals surface area contributed by atoms with Gasteiger partial charge in [0.15, 0.2) is 6.29 Å². The summed E-state index contributed by atoms with van der Waals surface area (Å²) in [4.78, 5) is 93.9. The summed E-state index contributed by atoms with van der Waals surface area (Å²) in [5.74, 6) is -14.4. The molecule has 14 atom stereocenters. The smallest absolute Gasteiger partial charge is 0.335 e. The molecular formula is C52H65NO20. The zero-order chi connectivity index (χ0) is 53.6. The van der Waals surface area contributed by atoms with Gasteiger partial charge in [0.05, 0.1) is 64.9 Å². The number of ketones is 2. The van der Waals surface area contributed by atoms with E-state index >= 15 is 0 Å². The third-order valence-corrected chi connectivity index (χ3v) is 14.4. The van der Waals surface area contributed by atoms with Gasteiger partial charge < -0.3 is 68.0 Å². The monoisotopic (exact) mass is 1020 g/mol. The topological polar surface area (TPSA) is 285 Å². The number of carbonyl (C=O) groups excluding carboxylic acids is 6. The second-order valence-corrected chi connectivity index (χ2v) is 20.5. The number of Topliss-reactive ketones (excluding diaryl/α,β-unsaturated/α-hetero) is 2. The maximum Gasteiger partial charge on any atom is 0.335 e. The molecule has 7 aliphatic rings. The molecule has 73 heavy (non-hydrogen) atoms. The Morgan fingerprint density at radius 1 is 0.986 bits per heavy atom. The first-order chi connectivity index (χ1) is 34.2. The highest BCUT2D eigenvalue weighted by Gasteiger charge is 2.58. The second kappa shape index (κ2) is 21.1. The molecule has 1 aromatic rings. The lowest BCUT2D eigenvalue weighted by Gasteiger charge is -2.40. The Morgan fingerprint density at radius 2 is 1.70 bits per heavy atom. The molecule has 1 aromatic carbocycles. The Hall–Kier alpha value is -5.97. The summed E-state index contributed by atoms with van der Waals surface area (Å²) < 4.78 is 60.2. The quantitative estimate of drug-likeness (QED) is 0.200. The molecule has 5 bridgehead atoms. The molecule has 6 heterocycles. The van der Waals surface area contributed by atoms with Crippen LogP contribution in [0.15, 0.2) is 47.9 Å². The second-order valence-electron chi connectivity index (χ2n) is 20.5. The Labute approximate surface area is 422 Å². The number of amides is 1. The molecule has 6 aliphatic heterocycles. The summed E-state index contributed by atoms with van der Waals surface area (Å²) in [6, 6.07) is 0. The van der Waals surface area contributed by atoms with Gasteiger partial charge in [0.2, 0.25) is 5.78 Å². The van der Waals surface area contributed by atoms with E-state index < -0.39 is 149 Å². The Bertz CT molecular complexity index is 2540. The first-order valence-electron chi connectivity index (χ1n) is 24.3. The maximum absolute atomic E-state index is 14.8. The van der Waals surface area contributed by atoms with E-state index in [1.807, 2.05) is 6.92 Å². The molecule has 2 unspecified atom stereocenters. The molecule has 21 nitrogen and oxygen atoms in total. The van der Waals surface area contributed by atoms with Gasteiger partial charge in [0.25, 0.3) is 17.5 Å². The minimum absolute atomic E-state index is 0.0437. The number of fused-ring (bicyclic) bond motifs is 14. The zero-order valence-corrected chi connectivity index (χ0v) is 42.7. The number of aromatic hydroxyl groups is 1. The van der Waals surface area contributed by atoms with E-state index in [2.05, 4.69) is 5.32 Å². The molecule has 0 radical (unpaired) electrons. The molecule has 1 aliphatic carbocycles. The Morgan fingerprint density at radius 3 is 2.36 bits per heavy atom. The summed E-state index contributed by atoms with van der Waals surface area (Å²) >= 11 is 0. The average molecular weight is 1020 g/mol. The van der Waals surface area contributed by atoms with Crippen LogP contribution < -0.4 is 10.1 Å². The molecule has 1 amide bonds. The van der Waals surface area contributed by atoms with E-state index in [0.29, 0.717) is 0 Å². The SMILES string of the molecule is CC(=O)O[C@H]1[C@H](C)[C@H](O)[C@H](C)C[C@@H](C(C)OC(=O)C(C)(C)CC(=O)O)/C=C/C=C(/C)C(=O)NC2=CC3(OCC(=O)O3)c3c(c(O)c(C)c4c3C(=O)[C@@](C)(O/C=C/[C@H](O[C@H]3C[C@@H]5OCO[C@@H]5[C@@H](C)O3)[C@H]1C)O4)C2=O. The van der Waals surface area contributed by atoms with Gasteiger partial charge >= 0.3 is 29.7 Å². The number of phenolic OH excluding ortho intramolecular Hbond substituents is 1. The first kappa shape index (κ1) is 54.8. The number of allylic oxidation sites excluding steroid dienone is 3. The number of hydrogen-bond donors (Lipinski definition) is 4. The van der Waals surface area contributed by atoms with E-state index in [4.69, 9.17) is 47.4 Å². The van der Waals surface area contributed by atoms with Crippen LogP contribution in [0, 0.1) is 36.0 Å². The molecule has 0 saturated carbocycles. The summed E-state index contributed by atoms with van der Waals surface area (Å²) in [6.45, 7) is 16.3. The number of aliphatic hydroxyl groups is 1. The van der Waals surface area contributed by atoms with Gasteiger partial charge in [-0.15, -0.1) is 0 Å². The fourth-order valence-electron chi connectivity index (χ4n) is 10.2. The summed E-state index contributed by atoms with van der Waals surface area (Å²) in [5, 5.41) is 36.0. The lowest BCUT2D eigenvalue weighted by atomic mass is 9.78. The number of rotatable bonds is 8. The van der Waals surface area contributed by atoms with Crippen molar-refractivity contribution in [1.29, 1.82) is 0 Å². The third kappa shape index (κ3) is 11.0. The van der Waals surface area contributed by atoms with Gasteiger partial charge in [0, 0.05) is 55.2 Å². The predicted octanol–water partition coefficient (Wildman–Crippen LogP) is 4.86. The van der Waals surface area contributed by atoms with Crippen molar-refractivity contribution in [3.8, 4) is 11.5 Å². The highest BCUT2D eigenvalue weighted by atomic mass is 16.8. The van der Waals surface area contributed by atoms with Crippen molar-refractivity contribution in [1.82, 2.24) is 5.32 Å². The molecular weight excluding hydrogens is 959 g/mol. The van der Waals surface area contributed by atoms with Crippen molar-refractivity contribution >= 4 is 41.4 Å². The molecule has 3 fully saturated rings. The molecule has 398 valence electrons. The van der Waals surface area contributed by atoms with Crippen molar-refractivity contribution in [3.05, 3.63) is 70.2 Å². The summed E-state index contributed by atoms with van der Waals surface area (Å²) in [5.41, 5.74) is -3.03. The lowest BCUT2D eigenvalue weighted by molar-refractivity contribution is -0.246. The standard InChI is InChI=1S/C52H65NO20/c1-23-13-12-14-31(28(6)69-49(63)50(9,10)20-35(55)56)17-24(2)41(58)26(4)44(70-30(8)54)25(3)33(71-37-18-34-46(29(7)68-37)65-22-64-34)15-16-66-51(11)47(61)39-40-38(42(59)27(5)45(39)73-51)43(60)32(53-48(23)62)19-52(40)67-21-36(57)72-52/h12-16,19,24-26,28-29,31,33-34,37,41,44,46,58-59H,17-18,20-22H2,1-11H3,(H,53,62)(H,55,56)/b14-12+,16-15+,23-13-/t24-,25-,26-,28?,29-,31+,33+,34+,37+,41-,44-,46-,51+,52?/m1/s1. The normalized spacial score (nSPS) is 35.8. The Balaban J connectivity index is 1.34. The molecule has 8 rings (SSSR count). The number of benzene rings is 1. The molecule has 4 N–H and O–H groups in total. The van der Waals surface area contributed by atoms with Gasteiger partial charge in [0.1, 0.15) is 43.2 Å². The summed E-state index contributed by atoms with van der Waals surface area (Å²) in [6.07, 6.45) is 1.80. The van der Waals surface area contributed by atoms with E-state index in [-0.39, 0.29) is 59.9 Å². The van der Waals surface area contributed by atoms with Crippen LogP contribution in [0.4, 0.5) is 0 Å². The van der Waals surface area contributed by atoms with Crippen molar-refractivity contribution < 1.29 is 96.2 Å². The van der Waals surface area contributed by atoms with Crippen molar-refractivity contribution in [3.63, 3.8) is 0 Å². The van der Waals surface area contributed by atoms with Crippen molar-refractivity contribution in [2.24, 2.45) is 29.1 Å². The van der Waals surface area contributed by atoms with Gasteiger partial charge in [-0.2, -0.15) is 0 Å². The van der Waals surface area contributed by atoms with Crippen LogP contribution in [0.1, 0.15) is 120 Å². The molecule has 21 heteroatoms. The molecule has 1 spiro atoms. The zero-order valence-electron chi connectivity index (χ0n) is 42.7. The van der Waals surface area contributed by atoms with E-state index in [1.165, 1.54) is 59.8 Å². The predicted molar refractivity (Wildman–Crippen MR) is 251 cm³/mol. The minimum Gasteiger partial charge on any atom is -0.507 e. The van der Waals surface area contributed by atoms with Gasteiger partial charge in [-0.25, -0.2) is 4.79 Å². The number of aliphatic hydroxyl groups excluding tert-OH is 1. The Kier molecular flexibility index (Phi) is 15.8. The number of esters is 3. The maximum atomic E-state index is 14.8. The van der Waals surface area contributed by atoms with Crippen LogP contribution in [0.5, 0.6) is 11.5 Å². The van der Waals surface area contributed by atoms with E-state index in [9.17, 15) is 48.9 Å². The van der Waals surface area contributed by atoms with Crippen LogP contribution in [-0.4, -0.2) is 125 Å². The number of aliphatic carboxylic acids is 1. The van der Waals surface area contributed by atoms with Gasteiger partial charge in [-0.3, -0.25) is 28.8 Å². The number of nitrogens with one attached hydrogen (secondary N) is 1. The van der Waals surface area contributed by atoms with Crippen LogP contribution in [0.25, 0.3) is 0 Å². The average Bonchev–Trinajstić information content (AvgIpc) is 4.01. The first-order valence-corrected chi connectivity index (χ1v) is 24.3. The van der Waals surface area contributed by atoms with Crippen LogP contribution >= 0.6 is 0 Å². The number of carbonyl (C=O) groups is 7. The van der Waals surface area contributed by atoms with Crippen LogP contribution in [0.2, 0.25) is 0 Å². The van der Waals surface area contributed by atoms with E-state index in [0.717, 1.165) is 12.3 Å². The number of ether oxygens (including phenoxy) is 10. The van der Waals surface area contributed by atoms with E-state index in [1.54, 1.807) is 33.8 Å². The van der Waals surface area contributed by atoms with Gasteiger partial charge in [-0.05, 0) is 60.0 Å².